The Hall–Kier alpha value is -1.10. The van der Waals surface area contributed by atoms with Crippen molar-refractivity contribution in [2.75, 3.05) is 6.54 Å². The molecule has 1 atom stereocenters. The lowest BCUT2D eigenvalue weighted by molar-refractivity contribution is -0.144. The predicted octanol–water partition coefficient (Wildman–Crippen LogP) is 1.90. The first kappa shape index (κ1) is 17.0. The second-order valence-electron chi connectivity index (χ2n) is 6.39. The van der Waals surface area contributed by atoms with Gasteiger partial charge in [-0.15, -0.1) is 0 Å². The molecule has 1 fully saturated rings. The molecule has 1 aliphatic rings. The first-order valence-corrected chi connectivity index (χ1v) is 7.65. The lowest BCUT2D eigenvalue weighted by Gasteiger charge is -2.31. The van der Waals surface area contributed by atoms with E-state index in [0.29, 0.717) is 13.0 Å². The molecule has 0 heterocycles. The van der Waals surface area contributed by atoms with Crippen molar-refractivity contribution in [3.8, 4) is 0 Å². The number of carbonyl (C=O) groups is 2. The van der Waals surface area contributed by atoms with E-state index in [1.165, 1.54) is 0 Å². The molecule has 0 bridgehead atoms. The third kappa shape index (κ3) is 4.47. The van der Waals surface area contributed by atoms with Crippen molar-refractivity contribution in [3.63, 3.8) is 0 Å². The van der Waals surface area contributed by atoms with Crippen molar-refractivity contribution in [1.29, 1.82) is 0 Å². The number of hydrogen-bond donors (Lipinski definition) is 3. The van der Waals surface area contributed by atoms with Crippen LogP contribution in [0.3, 0.4) is 0 Å². The molecular formula is C15H28N2O3. The Bertz CT molecular complexity index is 334. The summed E-state index contributed by atoms with van der Waals surface area (Å²) in [6.45, 7) is 4.20. The van der Waals surface area contributed by atoms with Crippen LogP contribution >= 0.6 is 0 Å². The van der Waals surface area contributed by atoms with Crippen LogP contribution < -0.4 is 11.1 Å². The van der Waals surface area contributed by atoms with Crippen LogP contribution in [0.25, 0.3) is 0 Å². The molecule has 5 nitrogen and oxygen atoms in total. The van der Waals surface area contributed by atoms with Crippen molar-refractivity contribution >= 4 is 11.9 Å². The number of nitrogens with two attached hydrogens (primary N) is 1. The van der Waals surface area contributed by atoms with Gasteiger partial charge in [0.25, 0.3) is 0 Å². The molecule has 0 aliphatic heterocycles. The van der Waals surface area contributed by atoms with Crippen molar-refractivity contribution < 1.29 is 14.7 Å². The molecule has 0 radical (unpaired) electrons. The summed E-state index contributed by atoms with van der Waals surface area (Å²) in [6.07, 6.45) is 6.22. The second-order valence-corrected chi connectivity index (χ2v) is 6.39. The van der Waals surface area contributed by atoms with Crippen LogP contribution in [0.2, 0.25) is 0 Å². The molecule has 116 valence electrons. The minimum Gasteiger partial charge on any atom is -0.480 e. The van der Waals surface area contributed by atoms with Gasteiger partial charge in [-0.25, -0.2) is 4.79 Å². The standard InChI is InChI=1S/C15H28N2O3/c1-11(2)9-12(13(18)19)17-14(20)15(10-16)7-5-3-4-6-8-15/h11-12H,3-10,16H2,1-2H3,(H,17,20)(H,18,19)/t12-/m1/s1. The van der Waals surface area contributed by atoms with E-state index in [1.54, 1.807) is 0 Å². The highest BCUT2D eigenvalue weighted by Crippen LogP contribution is 2.34. The first-order valence-electron chi connectivity index (χ1n) is 7.65. The van der Waals surface area contributed by atoms with Crippen LogP contribution in [0.5, 0.6) is 0 Å². The highest BCUT2D eigenvalue weighted by Gasteiger charge is 2.39. The zero-order chi connectivity index (χ0) is 15.2. The smallest absolute Gasteiger partial charge is 0.326 e. The number of carbonyl (C=O) groups excluding carboxylic acids is 1. The third-order valence-electron chi connectivity index (χ3n) is 4.24. The Morgan fingerprint density at radius 2 is 1.75 bits per heavy atom. The summed E-state index contributed by atoms with van der Waals surface area (Å²) in [5, 5.41) is 12.0. The fourth-order valence-electron chi connectivity index (χ4n) is 2.93. The van der Waals surface area contributed by atoms with Crippen LogP contribution in [0.4, 0.5) is 0 Å². The van der Waals surface area contributed by atoms with Crippen LogP contribution in [-0.2, 0) is 9.59 Å². The van der Waals surface area contributed by atoms with E-state index < -0.39 is 17.4 Å². The molecule has 5 heteroatoms. The van der Waals surface area contributed by atoms with E-state index in [4.69, 9.17) is 5.73 Å². The van der Waals surface area contributed by atoms with Gasteiger partial charge in [0.05, 0.1) is 5.41 Å². The molecule has 1 saturated carbocycles. The van der Waals surface area contributed by atoms with Crippen molar-refractivity contribution in [2.24, 2.45) is 17.1 Å². The molecule has 1 amide bonds. The first-order chi connectivity index (χ1) is 9.41. The topological polar surface area (TPSA) is 92.4 Å². The molecule has 1 rings (SSSR count). The van der Waals surface area contributed by atoms with Crippen molar-refractivity contribution in [2.45, 2.75) is 64.8 Å². The number of amides is 1. The fraction of sp³-hybridized carbons (Fsp3) is 0.867. The van der Waals surface area contributed by atoms with E-state index in [0.717, 1.165) is 38.5 Å². The monoisotopic (exact) mass is 284 g/mol. The Morgan fingerprint density at radius 1 is 1.20 bits per heavy atom. The zero-order valence-electron chi connectivity index (χ0n) is 12.7. The van der Waals surface area contributed by atoms with E-state index >= 15 is 0 Å². The molecule has 0 saturated heterocycles. The molecule has 0 unspecified atom stereocenters. The Morgan fingerprint density at radius 3 is 2.15 bits per heavy atom. The Balaban J connectivity index is 2.76. The fourth-order valence-corrected chi connectivity index (χ4v) is 2.93. The van der Waals surface area contributed by atoms with Crippen LogP contribution in [0.1, 0.15) is 58.8 Å². The quantitative estimate of drug-likeness (QED) is 0.649. The van der Waals surface area contributed by atoms with Crippen LogP contribution in [0.15, 0.2) is 0 Å². The average molecular weight is 284 g/mol. The van der Waals surface area contributed by atoms with Crippen LogP contribution in [0, 0.1) is 11.3 Å². The molecule has 0 spiro atoms. The summed E-state index contributed by atoms with van der Waals surface area (Å²) >= 11 is 0. The molecule has 0 aromatic heterocycles. The van der Waals surface area contributed by atoms with Gasteiger partial charge < -0.3 is 16.2 Å². The second kappa shape index (κ2) is 7.62. The van der Waals surface area contributed by atoms with Crippen LogP contribution in [-0.4, -0.2) is 29.6 Å². The van der Waals surface area contributed by atoms with Gasteiger partial charge >= 0.3 is 5.97 Å². The van der Waals surface area contributed by atoms with Gasteiger partial charge in [-0.1, -0.05) is 39.5 Å². The average Bonchev–Trinajstić information content (AvgIpc) is 2.63. The number of aliphatic carboxylic acids is 1. The highest BCUT2D eigenvalue weighted by atomic mass is 16.4. The maximum absolute atomic E-state index is 12.5. The highest BCUT2D eigenvalue weighted by molar-refractivity contribution is 5.87. The summed E-state index contributed by atoms with van der Waals surface area (Å²) in [5.41, 5.74) is 5.29. The molecular weight excluding hydrogens is 256 g/mol. The number of rotatable bonds is 6. The maximum Gasteiger partial charge on any atom is 0.326 e. The molecule has 1 aliphatic carbocycles. The lowest BCUT2D eigenvalue weighted by Crippen LogP contribution is -2.51. The number of carboxylic acids is 1. The predicted molar refractivity (Wildman–Crippen MR) is 78.2 cm³/mol. The lowest BCUT2D eigenvalue weighted by atomic mass is 9.79. The largest absolute Gasteiger partial charge is 0.480 e. The Kier molecular flexibility index (Phi) is 6.46. The third-order valence-corrected chi connectivity index (χ3v) is 4.24. The van der Waals surface area contributed by atoms with Gasteiger partial charge in [-0.05, 0) is 25.2 Å². The Labute approximate surface area is 121 Å². The van der Waals surface area contributed by atoms with Crippen molar-refractivity contribution in [3.05, 3.63) is 0 Å². The molecule has 0 aromatic carbocycles. The van der Waals surface area contributed by atoms with E-state index in [-0.39, 0.29) is 11.8 Å². The van der Waals surface area contributed by atoms with Crippen molar-refractivity contribution in [1.82, 2.24) is 5.32 Å². The van der Waals surface area contributed by atoms with Gasteiger partial charge in [-0.2, -0.15) is 0 Å². The van der Waals surface area contributed by atoms with Gasteiger partial charge in [0.1, 0.15) is 6.04 Å². The SMILES string of the molecule is CC(C)C[C@@H](NC(=O)C1(CN)CCCCCC1)C(=O)O. The minimum atomic E-state index is -0.965. The molecule has 4 N–H and O–H groups in total. The van der Waals surface area contributed by atoms with E-state index in [1.807, 2.05) is 13.8 Å². The summed E-state index contributed by atoms with van der Waals surface area (Å²) < 4.78 is 0. The zero-order valence-corrected chi connectivity index (χ0v) is 12.7. The number of nitrogens with one attached hydrogen (secondary N) is 1. The molecule has 0 aromatic rings. The maximum atomic E-state index is 12.5. The van der Waals surface area contributed by atoms with E-state index in [2.05, 4.69) is 5.32 Å². The summed E-state index contributed by atoms with van der Waals surface area (Å²) in [6, 6.07) is -0.811. The summed E-state index contributed by atoms with van der Waals surface area (Å²) in [4.78, 5) is 23.8. The summed E-state index contributed by atoms with van der Waals surface area (Å²) in [7, 11) is 0. The summed E-state index contributed by atoms with van der Waals surface area (Å²) in [5.74, 6) is -0.915. The van der Waals surface area contributed by atoms with E-state index in [9.17, 15) is 14.7 Å². The van der Waals surface area contributed by atoms with Gasteiger partial charge in [0.15, 0.2) is 0 Å². The normalized spacial score (nSPS) is 20.2. The number of carboxylic acid groups (broad SMARTS) is 1. The number of hydrogen-bond acceptors (Lipinski definition) is 3. The van der Waals surface area contributed by atoms with Gasteiger partial charge in [0, 0.05) is 6.54 Å². The van der Waals surface area contributed by atoms with Gasteiger partial charge in [-0.3, -0.25) is 4.79 Å². The molecule has 20 heavy (non-hydrogen) atoms. The minimum absolute atomic E-state index is 0.171. The van der Waals surface area contributed by atoms with Gasteiger partial charge in [0.2, 0.25) is 5.91 Å².